The standard InChI is InChI=1S/C13H20N2O2/c1-15(12-4-2-3-5-13(12)17)11-6-7-14-8-10(11)9-16/h6-8,12-13,16-17H,2-5,9H2,1H3. The van der Waals surface area contributed by atoms with Gasteiger partial charge in [0.15, 0.2) is 0 Å². The van der Waals surface area contributed by atoms with E-state index >= 15 is 0 Å². The van der Waals surface area contributed by atoms with Gasteiger partial charge in [-0.25, -0.2) is 0 Å². The number of pyridine rings is 1. The van der Waals surface area contributed by atoms with Gasteiger partial charge in [-0.15, -0.1) is 0 Å². The smallest absolute Gasteiger partial charge is 0.0743 e. The van der Waals surface area contributed by atoms with Crippen LogP contribution in [0.5, 0.6) is 0 Å². The topological polar surface area (TPSA) is 56.6 Å². The van der Waals surface area contributed by atoms with Crippen molar-refractivity contribution in [3.05, 3.63) is 24.0 Å². The Balaban J connectivity index is 2.20. The maximum Gasteiger partial charge on any atom is 0.0743 e. The lowest BCUT2D eigenvalue weighted by atomic mass is 9.91. The fourth-order valence-electron chi connectivity index (χ4n) is 2.61. The zero-order chi connectivity index (χ0) is 12.3. The predicted molar refractivity (Wildman–Crippen MR) is 66.8 cm³/mol. The van der Waals surface area contributed by atoms with Crippen LogP contribution in [0, 0.1) is 0 Å². The van der Waals surface area contributed by atoms with Crippen molar-refractivity contribution in [2.75, 3.05) is 11.9 Å². The molecule has 2 unspecified atom stereocenters. The Morgan fingerprint density at radius 1 is 1.41 bits per heavy atom. The third kappa shape index (κ3) is 2.58. The molecule has 0 amide bonds. The summed E-state index contributed by atoms with van der Waals surface area (Å²) in [6.45, 7) is -0.0175. The van der Waals surface area contributed by atoms with E-state index in [0.717, 1.165) is 36.9 Å². The zero-order valence-electron chi connectivity index (χ0n) is 10.2. The quantitative estimate of drug-likeness (QED) is 0.831. The minimum absolute atomic E-state index is 0.0175. The molecular formula is C13H20N2O2. The molecule has 1 saturated carbocycles. The molecule has 2 rings (SSSR count). The molecule has 0 radical (unpaired) electrons. The number of anilines is 1. The highest BCUT2D eigenvalue weighted by atomic mass is 16.3. The first-order valence-corrected chi connectivity index (χ1v) is 6.18. The molecule has 0 bridgehead atoms. The third-order valence-corrected chi connectivity index (χ3v) is 3.62. The summed E-state index contributed by atoms with van der Waals surface area (Å²) in [5.41, 5.74) is 1.78. The summed E-state index contributed by atoms with van der Waals surface area (Å²) in [4.78, 5) is 6.09. The molecule has 1 aliphatic rings. The summed E-state index contributed by atoms with van der Waals surface area (Å²) in [5, 5.41) is 19.3. The molecule has 4 nitrogen and oxygen atoms in total. The number of likely N-dealkylation sites (N-methyl/N-ethyl adjacent to an activating group) is 1. The molecule has 1 aliphatic carbocycles. The van der Waals surface area contributed by atoms with Gasteiger partial charge in [-0.05, 0) is 18.9 Å². The summed E-state index contributed by atoms with van der Waals surface area (Å²) in [6, 6.07) is 2.05. The molecule has 2 atom stereocenters. The van der Waals surface area contributed by atoms with Gasteiger partial charge in [0.2, 0.25) is 0 Å². The largest absolute Gasteiger partial charge is 0.392 e. The van der Waals surface area contributed by atoms with Gasteiger partial charge in [-0.2, -0.15) is 0 Å². The highest BCUT2D eigenvalue weighted by Crippen LogP contribution is 2.28. The number of aliphatic hydroxyl groups is 2. The predicted octanol–water partition coefficient (Wildman–Crippen LogP) is 1.31. The Bertz CT molecular complexity index is 370. The number of aromatic nitrogens is 1. The van der Waals surface area contributed by atoms with Gasteiger partial charge in [0.05, 0.1) is 18.8 Å². The molecule has 1 aromatic rings. The SMILES string of the molecule is CN(c1ccncc1CO)C1CCCCC1O. The van der Waals surface area contributed by atoms with Gasteiger partial charge in [-0.1, -0.05) is 12.8 Å². The molecule has 0 aliphatic heterocycles. The van der Waals surface area contributed by atoms with Crippen LogP contribution in [0.1, 0.15) is 31.2 Å². The first-order chi connectivity index (χ1) is 8.24. The summed E-state index contributed by atoms with van der Waals surface area (Å²) >= 11 is 0. The van der Waals surface area contributed by atoms with E-state index in [0.29, 0.717) is 0 Å². The van der Waals surface area contributed by atoms with E-state index in [2.05, 4.69) is 9.88 Å². The first kappa shape index (κ1) is 12.3. The number of hydrogen-bond acceptors (Lipinski definition) is 4. The molecule has 1 fully saturated rings. The van der Waals surface area contributed by atoms with Crippen LogP contribution < -0.4 is 4.90 Å². The van der Waals surface area contributed by atoms with Crippen LogP contribution in [-0.2, 0) is 6.61 Å². The van der Waals surface area contributed by atoms with E-state index in [1.807, 2.05) is 13.1 Å². The lowest BCUT2D eigenvalue weighted by Gasteiger charge is -2.37. The molecule has 17 heavy (non-hydrogen) atoms. The molecular weight excluding hydrogens is 216 g/mol. The van der Waals surface area contributed by atoms with E-state index in [1.54, 1.807) is 12.4 Å². The summed E-state index contributed by atoms with van der Waals surface area (Å²) in [6.07, 6.45) is 7.27. The molecule has 0 saturated heterocycles. The van der Waals surface area contributed by atoms with Gasteiger partial charge in [0.25, 0.3) is 0 Å². The number of aliphatic hydroxyl groups excluding tert-OH is 2. The van der Waals surface area contributed by atoms with Crippen LogP contribution in [0.3, 0.4) is 0 Å². The van der Waals surface area contributed by atoms with Crippen molar-refractivity contribution < 1.29 is 10.2 Å². The second-order valence-corrected chi connectivity index (χ2v) is 4.69. The molecule has 4 heteroatoms. The fourth-order valence-corrected chi connectivity index (χ4v) is 2.61. The second kappa shape index (κ2) is 5.47. The first-order valence-electron chi connectivity index (χ1n) is 6.18. The van der Waals surface area contributed by atoms with Crippen LogP contribution in [-0.4, -0.2) is 34.4 Å². The van der Waals surface area contributed by atoms with Crippen molar-refractivity contribution in [3.8, 4) is 0 Å². The fraction of sp³-hybridized carbons (Fsp3) is 0.615. The number of rotatable bonds is 3. The van der Waals surface area contributed by atoms with E-state index in [4.69, 9.17) is 0 Å². The maximum absolute atomic E-state index is 10.0. The maximum atomic E-state index is 10.0. The monoisotopic (exact) mass is 236 g/mol. The van der Waals surface area contributed by atoms with Crippen LogP contribution in [0.4, 0.5) is 5.69 Å². The Morgan fingerprint density at radius 2 is 2.18 bits per heavy atom. The lowest BCUT2D eigenvalue weighted by Crippen LogP contribution is -2.43. The highest BCUT2D eigenvalue weighted by Gasteiger charge is 2.27. The Morgan fingerprint density at radius 3 is 2.88 bits per heavy atom. The summed E-state index contributed by atoms with van der Waals surface area (Å²) < 4.78 is 0. The van der Waals surface area contributed by atoms with Crippen molar-refractivity contribution in [1.29, 1.82) is 0 Å². The molecule has 1 heterocycles. The van der Waals surface area contributed by atoms with Crippen molar-refractivity contribution in [2.45, 2.75) is 44.4 Å². The minimum atomic E-state index is -0.270. The normalized spacial score (nSPS) is 24.6. The van der Waals surface area contributed by atoms with E-state index in [-0.39, 0.29) is 18.8 Å². The van der Waals surface area contributed by atoms with E-state index in [1.165, 1.54) is 0 Å². The Kier molecular flexibility index (Phi) is 3.97. The van der Waals surface area contributed by atoms with Crippen molar-refractivity contribution >= 4 is 5.69 Å². The molecule has 1 aromatic heterocycles. The molecule has 2 N–H and O–H groups in total. The summed E-state index contributed by atoms with van der Waals surface area (Å²) in [7, 11) is 1.98. The van der Waals surface area contributed by atoms with Crippen LogP contribution >= 0.6 is 0 Å². The highest BCUT2D eigenvalue weighted by molar-refractivity contribution is 5.52. The Hall–Kier alpha value is -1.13. The Labute approximate surface area is 102 Å². The minimum Gasteiger partial charge on any atom is -0.392 e. The number of nitrogens with zero attached hydrogens (tertiary/aromatic N) is 2. The van der Waals surface area contributed by atoms with Crippen molar-refractivity contribution in [3.63, 3.8) is 0 Å². The molecule has 0 spiro atoms. The summed E-state index contributed by atoms with van der Waals surface area (Å²) in [5.74, 6) is 0. The van der Waals surface area contributed by atoms with Crippen LogP contribution in [0.2, 0.25) is 0 Å². The third-order valence-electron chi connectivity index (χ3n) is 3.62. The van der Waals surface area contributed by atoms with Gasteiger partial charge >= 0.3 is 0 Å². The van der Waals surface area contributed by atoms with Crippen LogP contribution in [0.25, 0.3) is 0 Å². The number of hydrogen-bond donors (Lipinski definition) is 2. The van der Waals surface area contributed by atoms with Crippen molar-refractivity contribution in [1.82, 2.24) is 4.98 Å². The van der Waals surface area contributed by atoms with Gasteiger partial charge in [0.1, 0.15) is 0 Å². The average Bonchev–Trinajstić information content (AvgIpc) is 2.38. The van der Waals surface area contributed by atoms with Gasteiger partial charge in [-0.3, -0.25) is 4.98 Å². The average molecular weight is 236 g/mol. The van der Waals surface area contributed by atoms with Gasteiger partial charge < -0.3 is 15.1 Å². The second-order valence-electron chi connectivity index (χ2n) is 4.69. The lowest BCUT2D eigenvalue weighted by molar-refractivity contribution is 0.106. The van der Waals surface area contributed by atoms with E-state index < -0.39 is 0 Å². The molecule has 0 aromatic carbocycles. The van der Waals surface area contributed by atoms with Crippen LogP contribution in [0.15, 0.2) is 18.5 Å². The van der Waals surface area contributed by atoms with E-state index in [9.17, 15) is 10.2 Å². The van der Waals surface area contributed by atoms with Gasteiger partial charge in [0, 0.05) is 30.7 Å². The zero-order valence-corrected chi connectivity index (χ0v) is 10.2. The molecule has 94 valence electrons. The van der Waals surface area contributed by atoms with Crippen molar-refractivity contribution in [2.24, 2.45) is 0 Å².